The molecule has 7 heteroatoms. The Morgan fingerprint density at radius 1 is 1.10 bits per heavy atom. The fraction of sp³-hybridized carbons (Fsp3) is 0.923. The van der Waals surface area contributed by atoms with Gasteiger partial charge in [-0.2, -0.15) is 8.42 Å². The molecule has 1 amide bonds. The van der Waals surface area contributed by atoms with Gasteiger partial charge in [0.25, 0.3) is 10.1 Å². The maximum Gasteiger partial charge on any atom is 0.267 e. The molecule has 2 aliphatic rings. The SMILES string of the molecule is O=C(C1CCC(S(=O)(=O)O)C1)N1CCCCNCCC1. The minimum absolute atomic E-state index is 0.0676. The Labute approximate surface area is 120 Å². The van der Waals surface area contributed by atoms with Crippen LogP contribution in [-0.2, 0) is 14.9 Å². The van der Waals surface area contributed by atoms with E-state index in [1.54, 1.807) is 0 Å². The predicted octanol–water partition coefficient (Wildman–Crippen LogP) is 0.645. The molecule has 1 heterocycles. The van der Waals surface area contributed by atoms with Gasteiger partial charge in [0.05, 0.1) is 5.25 Å². The normalized spacial score (nSPS) is 29.6. The molecule has 0 radical (unpaired) electrons. The van der Waals surface area contributed by atoms with E-state index in [2.05, 4.69) is 5.32 Å². The van der Waals surface area contributed by atoms with Gasteiger partial charge in [0, 0.05) is 19.0 Å². The van der Waals surface area contributed by atoms with Gasteiger partial charge < -0.3 is 10.2 Å². The summed E-state index contributed by atoms with van der Waals surface area (Å²) in [5.74, 6) is -0.173. The third-order valence-corrected chi connectivity index (χ3v) is 5.55. The molecule has 2 N–H and O–H groups in total. The average molecular weight is 304 g/mol. The summed E-state index contributed by atoms with van der Waals surface area (Å²) in [5.41, 5.74) is 0. The summed E-state index contributed by atoms with van der Waals surface area (Å²) < 4.78 is 31.4. The number of nitrogens with one attached hydrogen (secondary N) is 1. The fourth-order valence-corrected chi connectivity index (χ4v) is 4.01. The van der Waals surface area contributed by atoms with E-state index in [1.807, 2.05) is 4.90 Å². The van der Waals surface area contributed by atoms with Gasteiger partial charge in [-0.05, 0) is 51.6 Å². The van der Waals surface area contributed by atoms with E-state index in [-0.39, 0.29) is 18.2 Å². The Balaban J connectivity index is 1.92. The second-order valence-electron chi connectivity index (χ2n) is 5.78. The summed E-state index contributed by atoms with van der Waals surface area (Å²) in [7, 11) is -4.00. The molecule has 2 atom stereocenters. The summed E-state index contributed by atoms with van der Waals surface area (Å²) >= 11 is 0. The van der Waals surface area contributed by atoms with Crippen molar-refractivity contribution in [1.82, 2.24) is 10.2 Å². The molecule has 6 nitrogen and oxygen atoms in total. The molecule has 0 spiro atoms. The lowest BCUT2D eigenvalue weighted by Crippen LogP contribution is -2.37. The van der Waals surface area contributed by atoms with E-state index < -0.39 is 15.4 Å². The second kappa shape index (κ2) is 6.87. The lowest BCUT2D eigenvalue weighted by atomic mass is 10.1. The standard InChI is InChI=1S/C13H24N2O4S/c16-13(11-4-5-12(10-11)20(17,18)19)15-8-2-1-6-14-7-3-9-15/h11-12,14H,1-10H2,(H,17,18,19). The number of carbonyl (C=O) groups excluding carboxylic acids is 1. The first-order valence-corrected chi connectivity index (χ1v) is 8.94. The van der Waals surface area contributed by atoms with Crippen molar-refractivity contribution < 1.29 is 17.8 Å². The first-order chi connectivity index (χ1) is 9.48. The maximum absolute atomic E-state index is 12.5. The molecular weight excluding hydrogens is 280 g/mol. The van der Waals surface area contributed by atoms with E-state index in [9.17, 15) is 13.2 Å². The zero-order valence-corrected chi connectivity index (χ0v) is 12.6. The molecule has 2 fully saturated rings. The molecule has 2 unspecified atom stereocenters. The van der Waals surface area contributed by atoms with Gasteiger partial charge in [-0.1, -0.05) is 0 Å². The Bertz CT molecular complexity index is 428. The van der Waals surface area contributed by atoms with Crippen molar-refractivity contribution in [2.24, 2.45) is 5.92 Å². The molecular formula is C13H24N2O4S. The molecule has 1 saturated carbocycles. The van der Waals surface area contributed by atoms with Crippen LogP contribution >= 0.6 is 0 Å². The fourth-order valence-electron chi connectivity index (χ4n) is 3.10. The second-order valence-corrected chi connectivity index (χ2v) is 7.48. The molecule has 1 aliphatic heterocycles. The lowest BCUT2D eigenvalue weighted by molar-refractivity contribution is -0.135. The molecule has 1 saturated heterocycles. The topological polar surface area (TPSA) is 86.7 Å². The largest absolute Gasteiger partial charge is 0.342 e. The third kappa shape index (κ3) is 4.17. The summed E-state index contributed by atoms with van der Waals surface area (Å²) in [4.78, 5) is 14.4. The van der Waals surface area contributed by atoms with Crippen molar-refractivity contribution in [3.63, 3.8) is 0 Å². The Morgan fingerprint density at radius 2 is 1.80 bits per heavy atom. The first kappa shape index (κ1) is 15.7. The van der Waals surface area contributed by atoms with Crippen molar-refractivity contribution in [2.75, 3.05) is 26.2 Å². The van der Waals surface area contributed by atoms with Crippen LogP contribution < -0.4 is 5.32 Å². The van der Waals surface area contributed by atoms with Crippen molar-refractivity contribution in [1.29, 1.82) is 0 Å². The molecule has 0 aromatic rings. The molecule has 20 heavy (non-hydrogen) atoms. The highest BCUT2D eigenvalue weighted by molar-refractivity contribution is 7.86. The number of nitrogens with zero attached hydrogens (tertiary/aromatic N) is 1. The Morgan fingerprint density at radius 3 is 2.50 bits per heavy atom. The Kier molecular flexibility index (Phi) is 5.40. The van der Waals surface area contributed by atoms with E-state index in [0.29, 0.717) is 12.8 Å². The monoisotopic (exact) mass is 304 g/mol. The highest BCUT2D eigenvalue weighted by atomic mass is 32.2. The van der Waals surface area contributed by atoms with Crippen LogP contribution in [0.25, 0.3) is 0 Å². The molecule has 0 bridgehead atoms. The molecule has 0 aromatic carbocycles. The van der Waals surface area contributed by atoms with Crippen LogP contribution in [0.15, 0.2) is 0 Å². The van der Waals surface area contributed by atoms with Gasteiger partial charge in [-0.3, -0.25) is 9.35 Å². The van der Waals surface area contributed by atoms with Crippen LogP contribution in [-0.4, -0.2) is 55.2 Å². The van der Waals surface area contributed by atoms with Crippen LogP contribution in [0.1, 0.15) is 38.5 Å². The van der Waals surface area contributed by atoms with Crippen molar-refractivity contribution in [3.8, 4) is 0 Å². The van der Waals surface area contributed by atoms with Crippen LogP contribution in [0.5, 0.6) is 0 Å². The van der Waals surface area contributed by atoms with Crippen LogP contribution in [0.4, 0.5) is 0 Å². The van der Waals surface area contributed by atoms with Crippen molar-refractivity contribution in [3.05, 3.63) is 0 Å². The van der Waals surface area contributed by atoms with Crippen LogP contribution in [0, 0.1) is 5.92 Å². The van der Waals surface area contributed by atoms with Gasteiger partial charge >= 0.3 is 0 Å². The highest BCUT2D eigenvalue weighted by Crippen LogP contribution is 2.31. The van der Waals surface area contributed by atoms with E-state index >= 15 is 0 Å². The van der Waals surface area contributed by atoms with Crippen molar-refractivity contribution >= 4 is 16.0 Å². The van der Waals surface area contributed by atoms with E-state index in [4.69, 9.17) is 4.55 Å². The number of hydrogen-bond acceptors (Lipinski definition) is 4. The zero-order chi connectivity index (χ0) is 14.6. The van der Waals surface area contributed by atoms with Gasteiger partial charge in [-0.25, -0.2) is 0 Å². The molecule has 2 rings (SSSR count). The first-order valence-electron chi connectivity index (χ1n) is 7.44. The summed E-state index contributed by atoms with van der Waals surface area (Å²) in [6.45, 7) is 3.41. The number of carbonyl (C=O) groups is 1. The van der Waals surface area contributed by atoms with Crippen LogP contribution in [0.2, 0.25) is 0 Å². The minimum Gasteiger partial charge on any atom is -0.342 e. The van der Waals surface area contributed by atoms with Gasteiger partial charge in [0.1, 0.15) is 0 Å². The summed E-state index contributed by atoms with van der Waals surface area (Å²) in [5, 5.41) is 2.58. The average Bonchev–Trinajstić information content (AvgIpc) is 2.91. The Hall–Kier alpha value is -0.660. The van der Waals surface area contributed by atoms with Crippen molar-refractivity contribution in [2.45, 2.75) is 43.8 Å². The zero-order valence-electron chi connectivity index (χ0n) is 11.8. The lowest BCUT2D eigenvalue weighted by Gasteiger charge is -2.25. The molecule has 1 aliphatic carbocycles. The molecule has 0 aromatic heterocycles. The third-order valence-electron chi connectivity index (χ3n) is 4.28. The number of hydrogen-bond donors (Lipinski definition) is 2. The van der Waals surface area contributed by atoms with Gasteiger partial charge in [0.2, 0.25) is 5.91 Å². The number of rotatable bonds is 2. The van der Waals surface area contributed by atoms with Gasteiger partial charge in [0.15, 0.2) is 0 Å². The maximum atomic E-state index is 12.5. The minimum atomic E-state index is -4.00. The number of amides is 1. The highest BCUT2D eigenvalue weighted by Gasteiger charge is 2.38. The van der Waals surface area contributed by atoms with Gasteiger partial charge in [-0.15, -0.1) is 0 Å². The summed E-state index contributed by atoms with van der Waals surface area (Å²) in [6.07, 6.45) is 4.20. The predicted molar refractivity (Wildman–Crippen MR) is 76.0 cm³/mol. The summed E-state index contributed by atoms with van der Waals surface area (Å²) in [6, 6.07) is 0. The van der Waals surface area contributed by atoms with E-state index in [1.165, 1.54) is 0 Å². The van der Waals surface area contributed by atoms with E-state index in [0.717, 1.165) is 45.4 Å². The quantitative estimate of drug-likeness (QED) is 0.731. The molecule has 116 valence electrons. The van der Waals surface area contributed by atoms with Crippen LogP contribution in [0.3, 0.4) is 0 Å². The smallest absolute Gasteiger partial charge is 0.267 e.